The zero-order valence-corrected chi connectivity index (χ0v) is 15.4. The Bertz CT molecular complexity index is 1240. The Morgan fingerprint density at radius 2 is 1.83 bits per heavy atom. The Hall–Kier alpha value is -3.78. The van der Waals surface area contributed by atoms with Gasteiger partial charge in [0, 0.05) is 5.69 Å². The SMILES string of the molecule is O=[N+]([O-])c1c(Nc2ccc(F)c(Cl)c2)ncnc1Oc1ccc2ccccc2c1. The molecule has 0 aliphatic heterocycles. The number of rotatable bonds is 5. The lowest BCUT2D eigenvalue weighted by atomic mass is 10.1. The summed E-state index contributed by atoms with van der Waals surface area (Å²) in [5.41, 5.74) is -0.129. The van der Waals surface area contributed by atoms with E-state index in [-0.39, 0.29) is 16.7 Å². The van der Waals surface area contributed by atoms with Crippen LogP contribution in [0.25, 0.3) is 10.8 Å². The van der Waals surface area contributed by atoms with Crippen LogP contribution in [0.5, 0.6) is 11.6 Å². The van der Waals surface area contributed by atoms with Crippen LogP contribution in [0.1, 0.15) is 0 Å². The maximum Gasteiger partial charge on any atom is 0.373 e. The Morgan fingerprint density at radius 1 is 1.03 bits per heavy atom. The van der Waals surface area contributed by atoms with Crippen molar-refractivity contribution in [3.05, 3.63) is 87.9 Å². The van der Waals surface area contributed by atoms with Gasteiger partial charge in [0.05, 0.1) is 9.95 Å². The van der Waals surface area contributed by atoms with Crippen molar-refractivity contribution in [2.45, 2.75) is 0 Å². The van der Waals surface area contributed by atoms with Gasteiger partial charge in [0.25, 0.3) is 0 Å². The third-order valence-electron chi connectivity index (χ3n) is 4.09. The standard InChI is InChI=1S/C20H12ClFN4O3/c21-16-10-14(6-8-17(16)22)25-19-18(26(27)28)20(24-11-23-19)29-15-7-5-12-3-1-2-4-13(12)9-15/h1-11H,(H,23,24,25). The van der Waals surface area contributed by atoms with Crippen LogP contribution >= 0.6 is 11.6 Å². The minimum Gasteiger partial charge on any atom is -0.434 e. The van der Waals surface area contributed by atoms with Crippen LogP contribution in [0, 0.1) is 15.9 Å². The average molecular weight is 411 g/mol. The molecule has 0 aliphatic carbocycles. The molecule has 0 saturated carbocycles. The fourth-order valence-corrected chi connectivity index (χ4v) is 2.93. The largest absolute Gasteiger partial charge is 0.434 e. The predicted molar refractivity (Wildman–Crippen MR) is 107 cm³/mol. The van der Waals surface area contributed by atoms with Gasteiger partial charge in [0.2, 0.25) is 5.82 Å². The molecule has 29 heavy (non-hydrogen) atoms. The molecule has 0 saturated heterocycles. The van der Waals surface area contributed by atoms with Gasteiger partial charge in [-0.25, -0.2) is 9.37 Å². The number of nitrogens with one attached hydrogen (secondary N) is 1. The Balaban J connectivity index is 1.70. The molecule has 0 aliphatic rings. The van der Waals surface area contributed by atoms with Crippen molar-refractivity contribution in [1.82, 2.24) is 9.97 Å². The highest BCUT2D eigenvalue weighted by Crippen LogP contribution is 2.36. The molecule has 1 aromatic heterocycles. The number of halogens is 2. The number of nitro groups is 1. The smallest absolute Gasteiger partial charge is 0.373 e. The molecule has 1 heterocycles. The predicted octanol–water partition coefficient (Wildman–Crippen LogP) is 5.87. The van der Waals surface area contributed by atoms with E-state index in [0.717, 1.165) is 23.2 Å². The molecule has 1 N–H and O–H groups in total. The van der Waals surface area contributed by atoms with Gasteiger partial charge in [0.15, 0.2) is 0 Å². The number of hydrogen-bond acceptors (Lipinski definition) is 6. The minimum absolute atomic E-state index is 0.108. The molecule has 4 rings (SSSR count). The molecular formula is C20H12ClFN4O3. The minimum atomic E-state index is -0.649. The number of hydrogen-bond donors (Lipinski definition) is 1. The molecule has 0 amide bonds. The van der Waals surface area contributed by atoms with Crippen molar-refractivity contribution < 1.29 is 14.1 Å². The molecule has 144 valence electrons. The fourth-order valence-electron chi connectivity index (χ4n) is 2.75. The number of ether oxygens (including phenoxy) is 1. The molecular weight excluding hydrogens is 399 g/mol. The van der Waals surface area contributed by atoms with Crippen LogP contribution in [0.2, 0.25) is 5.02 Å². The molecule has 7 nitrogen and oxygen atoms in total. The highest BCUT2D eigenvalue weighted by molar-refractivity contribution is 6.31. The highest BCUT2D eigenvalue weighted by Gasteiger charge is 2.25. The quantitative estimate of drug-likeness (QED) is 0.327. The van der Waals surface area contributed by atoms with Gasteiger partial charge in [-0.2, -0.15) is 4.98 Å². The van der Waals surface area contributed by atoms with Gasteiger partial charge in [-0.15, -0.1) is 0 Å². The zero-order chi connectivity index (χ0) is 20.4. The summed E-state index contributed by atoms with van der Waals surface area (Å²) in [6, 6.07) is 16.8. The summed E-state index contributed by atoms with van der Waals surface area (Å²) in [5, 5.41) is 16.2. The summed E-state index contributed by atoms with van der Waals surface area (Å²) < 4.78 is 19.0. The second kappa shape index (κ2) is 7.69. The molecule has 9 heteroatoms. The van der Waals surface area contributed by atoms with E-state index in [9.17, 15) is 14.5 Å². The van der Waals surface area contributed by atoms with E-state index in [1.807, 2.05) is 30.3 Å². The third-order valence-corrected chi connectivity index (χ3v) is 4.38. The molecule has 0 fully saturated rings. The zero-order valence-electron chi connectivity index (χ0n) is 14.7. The van der Waals surface area contributed by atoms with Gasteiger partial charge in [-0.3, -0.25) is 10.1 Å². The van der Waals surface area contributed by atoms with Crippen molar-refractivity contribution in [2.75, 3.05) is 5.32 Å². The molecule has 4 aromatic rings. The van der Waals surface area contributed by atoms with E-state index in [0.29, 0.717) is 11.4 Å². The lowest BCUT2D eigenvalue weighted by Gasteiger charge is -2.10. The van der Waals surface area contributed by atoms with E-state index >= 15 is 0 Å². The van der Waals surface area contributed by atoms with E-state index in [4.69, 9.17) is 16.3 Å². The lowest BCUT2D eigenvalue weighted by molar-refractivity contribution is -0.385. The number of fused-ring (bicyclic) bond motifs is 1. The molecule has 0 spiro atoms. The maximum atomic E-state index is 13.3. The van der Waals surface area contributed by atoms with Crippen LogP contribution in [0.15, 0.2) is 67.0 Å². The van der Waals surface area contributed by atoms with Crippen LogP contribution in [-0.2, 0) is 0 Å². The van der Waals surface area contributed by atoms with E-state index in [1.165, 1.54) is 12.1 Å². The topological polar surface area (TPSA) is 90.2 Å². The first-order valence-corrected chi connectivity index (χ1v) is 8.77. The third kappa shape index (κ3) is 3.92. The van der Waals surface area contributed by atoms with Crippen LogP contribution < -0.4 is 10.1 Å². The summed E-state index contributed by atoms with van der Waals surface area (Å²) in [5.74, 6) is -0.546. The van der Waals surface area contributed by atoms with Crippen molar-refractivity contribution in [2.24, 2.45) is 0 Å². The first-order valence-electron chi connectivity index (χ1n) is 8.39. The molecule has 0 unspecified atom stereocenters. The Morgan fingerprint density at radius 3 is 2.59 bits per heavy atom. The van der Waals surface area contributed by atoms with Crippen LogP contribution in [-0.4, -0.2) is 14.9 Å². The van der Waals surface area contributed by atoms with Crippen LogP contribution in [0.4, 0.5) is 21.6 Å². The van der Waals surface area contributed by atoms with E-state index in [1.54, 1.807) is 12.1 Å². The van der Waals surface area contributed by atoms with Crippen molar-refractivity contribution >= 4 is 39.6 Å². The second-order valence-electron chi connectivity index (χ2n) is 6.00. The first-order chi connectivity index (χ1) is 14.0. The number of benzene rings is 3. The summed E-state index contributed by atoms with van der Waals surface area (Å²) in [4.78, 5) is 18.9. The number of anilines is 2. The molecule has 0 radical (unpaired) electrons. The fraction of sp³-hybridized carbons (Fsp3) is 0. The van der Waals surface area contributed by atoms with Gasteiger partial charge in [-0.1, -0.05) is 41.9 Å². The van der Waals surface area contributed by atoms with E-state index < -0.39 is 16.4 Å². The average Bonchev–Trinajstić information content (AvgIpc) is 2.70. The molecule has 0 bridgehead atoms. The summed E-state index contributed by atoms with van der Waals surface area (Å²) in [6.07, 6.45) is 1.14. The lowest BCUT2D eigenvalue weighted by Crippen LogP contribution is -2.03. The molecule has 0 atom stereocenters. The summed E-state index contributed by atoms with van der Waals surface area (Å²) in [6.45, 7) is 0. The Kier molecular flexibility index (Phi) is 4.92. The maximum absolute atomic E-state index is 13.3. The first kappa shape index (κ1) is 18.6. The summed E-state index contributed by atoms with van der Waals surface area (Å²) >= 11 is 5.76. The monoisotopic (exact) mass is 410 g/mol. The number of aromatic nitrogens is 2. The summed E-state index contributed by atoms with van der Waals surface area (Å²) in [7, 11) is 0. The van der Waals surface area contributed by atoms with Gasteiger partial charge in [0.1, 0.15) is 17.9 Å². The normalized spacial score (nSPS) is 10.7. The molecule has 3 aromatic carbocycles. The van der Waals surface area contributed by atoms with Crippen molar-refractivity contribution in [3.8, 4) is 11.6 Å². The number of nitrogens with zero attached hydrogens (tertiary/aromatic N) is 3. The van der Waals surface area contributed by atoms with Gasteiger partial charge < -0.3 is 10.1 Å². The second-order valence-corrected chi connectivity index (χ2v) is 6.41. The Labute approximate surface area is 168 Å². The van der Waals surface area contributed by atoms with Gasteiger partial charge >= 0.3 is 11.6 Å². The van der Waals surface area contributed by atoms with Crippen molar-refractivity contribution in [3.63, 3.8) is 0 Å². The highest BCUT2D eigenvalue weighted by atomic mass is 35.5. The van der Waals surface area contributed by atoms with Crippen molar-refractivity contribution in [1.29, 1.82) is 0 Å². The van der Waals surface area contributed by atoms with E-state index in [2.05, 4.69) is 15.3 Å². The van der Waals surface area contributed by atoms with Gasteiger partial charge in [-0.05, 0) is 41.1 Å². The van der Waals surface area contributed by atoms with Crippen LogP contribution in [0.3, 0.4) is 0 Å².